The molecule has 2 aliphatic rings. The number of benzene rings is 1. The van der Waals surface area contributed by atoms with Gasteiger partial charge in [0.05, 0.1) is 0 Å². The Morgan fingerprint density at radius 2 is 1.95 bits per heavy atom. The second-order valence-electron chi connectivity index (χ2n) is 6.48. The smallest absolute Gasteiger partial charge is 0.162 e. The van der Waals surface area contributed by atoms with Gasteiger partial charge in [-0.05, 0) is 11.0 Å². The lowest BCUT2D eigenvalue weighted by Gasteiger charge is -2.28. The molecule has 0 radical (unpaired) electrons. The van der Waals surface area contributed by atoms with Crippen LogP contribution in [-0.4, -0.2) is 11.9 Å². The average Bonchev–Trinajstić information content (AvgIpc) is 2.71. The maximum Gasteiger partial charge on any atom is 0.162 e. The van der Waals surface area contributed by atoms with Crippen molar-refractivity contribution >= 4 is 5.78 Å². The maximum absolute atomic E-state index is 12.2. The summed E-state index contributed by atoms with van der Waals surface area (Å²) in [4.78, 5) is 12.2. The van der Waals surface area contributed by atoms with E-state index in [4.69, 9.17) is 4.74 Å². The number of rotatable bonds is 2. The van der Waals surface area contributed by atoms with Crippen LogP contribution in [0, 0.1) is 5.41 Å². The average molecular weight is 256 g/mol. The van der Waals surface area contributed by atoms with Crippen LogP contribution in [0.4, 0.5) is 0 Å². The molecule has 1 aromatic rings. The number of hydrogen-bond acceptors (Lipinski definition) is 2. The van der Waals surface area contributed by atoms with Crippen LogP contribution >= 0.6 is 0 Å². The Morgan fingerprint density at radius 1 is 1.21 bits per heavy atom. The minimum Gasteiger partial charge on any atom is -0.494 e. The van der Waals surface area contributed by atoms with Crippen molar-refractivity contribution in [3.05, 3.63) is 47.2 Å². The van der Waals surface area contributed by atoms with E-state index in [1.165, 1.54) is 5.56 Å². The third-order valence-corrected chi connectivity index (χ3v) is 4.00. The summed E-state index contributed by atoms with van der Waals surface area (Å²) in [6, 6.07) is 10.4. The molecule has 0 fully saturated rings. The van der Waals surface area contributed by atoms with Crippen LogP contribution in [0.3, 0.4) is 0 Å². The highest BCUT2D eigenvalue weighted by Crippen LogP contribution is 2.43. The lowest BCUT2D eigenvalue weighted by atomic mass is 9.76. The number of ether oxygens (including phenoxy) is 1. The first-order chi connectivity index (χ1) is 9.03. The molecule has 0 saturated heterocycles. The molecular formula is C17H20O2. The Labute approximate surface area is 114 Å². The van der Waals surface area contributed by atoms with Gasteiger partial charge in [-0.3, -0.25) is 4.79 Å². The Kier molecular flexibility index (Phi) is 2.96. The fourth-order valence-electron chi connectivity index (χ4n) is 3.10. The summed E-state index contributed by atoms with van der Waals surface area (Å²) in [5, 5.41) is 0. The minimum absolute atomic E-state index is 0.0531. The summed E-state index contributed by atoms with van der Waals surface area (Å²) in [5.41, 5.74) is 2.29. The molecule has 2 nitrogen and oxygen atoms in total. The van der Waals surface area contributed by atoms with Gasteiger partial charge >= 0.3 is 0 Å². The van der Waals surface area contributed by atoms with Crippen molar-refractivity contribution in [2.24, 2.45) is 5.41 Å². The highest BCUT2D eigenvalue weighted by Gasteiger charge is 2.39. The predicted octanol–water partition coefficient (Wildman–Crippen LogP) is 3.66. The minimum atomic E-state index is 0.0531. The highest BCUT2D eigenvalue weighted by molar-refractivity contribution is 5.97. The van der Waals surface area contributed by atoms with Crippen LogP contribution in [0.25, 0.3) is 0 Å². The third kappa shape index (κ3) is 2.58. The Bertz CT molecular complexity index is 525. The van der Waals surface area contributed by atoms with E-state index in [9.17, 15) is 4.79 Å². The van der Waals surface area contributed by atoms with E-state index < -0.39 is 0 Å². The van der Waals surface area contributed by atoms with Gasteiger partial charge < -0.3 is 4.74 Å². The van der Waals surface area contributed by atoms with Gasteiger partial charge in [0.2, 0.25) is 0 Å². The predicted molar refractivity (Wildman–Crippen MR) is 74.7 cm³/mol. The molecule has 3 rings (SSSR count). The first kappa shape index (κ1) is 12.5. The van der Waals surface area contributed by atoms with E-state index in [1.54, 1.807) is 0 Å². The summed E-state index contributed by atoms with van der Waals surface area (Å²) in [5.74, 6) is 1.25. The number of carbonyl (C=O) groups is 1. The van der Waals surface area contributed by atoms with Crippen LogP contribution in [0.5, 0.6) is 0 Å². The van der Waals surface area contributed by atoms with Crippen molar-refractivity contribution in [1.82, 2.24) is 0 Å². The number of hydrogen-bond donors (Lipinski definition) is 0. The molecule has 1 aliphatic heterocycles. The SMILES string of the molecule is CC1(C)CC(=O)C2=C(C1)OC(Cc1ccccc1)C2. The molecule has 2 heteroatoms. The van der Waals surface area contributed by atoms with Gasteiger partial charge in [-0.15, -0.1) is 0 Å². The van der Waals surface area contributed by atoms with Crippen LogP contribution < -0.4 is 0 Å². The van der Waals surface area contributed by atoms with E-state index in [2.05, 4.69) is 26.0 Å². The van der Waals surface area contributed by atoms with Crippen LogP contribution in [-0.2, 0) is 16.0 Å². The maximum atomic E-state index is 12.2. The van der Waals surface area contributed by atoms with Crippen LogP contribution in [0.2, 0.25) is 0 Å². The highest BCUT2D eigenvalue weighted by atomic mass is 16.5. The molecular weight excluding hydrogens is 236 g/mol. The van der Waals surface area contributed by atoms with E-state index in [0.717, 1.165) is 30.6 Å². The summed E-state index contributed by atoms with van der Waals surface area (Å²) >= 11 is 0. The van der Waals surface area contributed by atoms with Crippen molar-refractivity contribution in [2.75, 3.05) is 0 Å². The fraction of sp³-hybridized carbons (Fsp3) is 0.471. The molecule has 0 N–H and O–H groups in total. The normalized spacial score (nSPS) is 25.2. The van der Waals surface area contributed by atoms with Gasteiger partial charge in [0, 0.05) is 31.3 Å². The number of Topliss-reactive ketones (excluding diaryl/α,β-unsaturated/α-hetero) is 1. The fourth-order valence-corrected chi connectivity index (χ4v) is 3.10. The molecule has 19 heavy (non-hydrogen) atoms. The van der Waals surface area contributed by atoms with E-state index in [1.807, 2.05) is 18.2 Å². The first-order valence-electron chi connectivity index (χ1n) is 6.99. The number of allylic oxidation sites excluding steroid dienone is 1. The summed E-state index contributed by atoms with van der Waals surface area (Å²) in [7, 11) is 0. The molecule has 0 bridgehead atoms. The largest absolute Gasteiger partial charge is 0.494 e. The van der Waals surface area contributed by atoms with Gasteiger partial charge in [-0.2, -0.15) is 0 Å². The quantitative estimate of drug-likeness (QED) is 0.807. The van der Waals surface area contributed by atoms with Crippen molar-refractivity contribution < 1.29 is 9.53 Å². The zero-order valence-electron chi connectivity index (χ0n) is 11.6. The lowest BCUT2D eigenvalue weighted by molar-refractivity contribution is -0.118. The Balaban J connectivity index is 1.71. The first-order valence-corrected chi connectivity index (χ1v) is 6.99. The van der Waals surface area contributed by atoms with E-state index >= 15 is 0 Å². The third-order valence-electron chi connectivity index (χ3n) is 4.00. The standard InChI is InChI=1S/C17H20O2/c1-17(2)10-15(18)14-9-13(19-16(14)11-17)8-12-6-4-3-5-7-12/h3-7,13H,8-11H2,1-2H3. The van der Waals surface area contributed by atoms with Gasteiger partial charge in [0.15, 0.2) is 5.78 Å². The second-order valence-corrected chi connectivity index (χ2v) is 6.48. The van der Waals surface area contributed by atoms with Gasteiger partial charge in [-0.1, -0.05) is 44.2 Å². The van der Waals surface area contributed by atoms with Crippen LogP contribution in [0.1, 0.15) is 38.7 Å². The number of ketones is 1. The molecule has 1 unspecified atom stereocenters. The van der Waals surface area contributed by atoms with Crippen LogP contribution in [0.15, 0.2) is 41.7 Å². The molecule has 1 heterocycles. The Morgan fingerprint density at radius 3 is 2.68 bits per heavy atom. The van der Waals surface area contributed by atoms with E-state index in [-0.39, 0.29) is 11.5 Å². The van der Waals surface area contributed by atoms with Crippen molar-refractivity contribution in [3.63, 3.8) is 0 Å². The van der Waals surface area contributed by atoms with Crippen molar-refractivity contribution in [2.45, 2.75) is 45.6 Å². The van der Waals surface area contributed by atoms with Gasteiger partial charge in [-0.25, -0.2) is 0 Å². The molecule has 0 aromatic heterocycles. The van der Waals surface area contributed by atoms with Gasteiger partial charge in [0.25, 0.3) is 0 Å². The molecule has 1 atom stereocenters. The van der Waals surface area contributed by atoms with Gasteiger partial charge in [0.1, 0.15) is 11.9 Å². The summed E-state index contributed by atoms with van der Waals surface area (Å²) in [6.45, 7) is 4.28. The number of carbonyl (C=O) groups excluding carboxylic acids is 1. The summed E-state index contributed by atoms with van der Waals surface area (Å²) < 4.78 is 6.03. The summed E-state index contributed by atoms with van der Waals surface area (Å²) in [6.07, 6.45) is 3.39. The van der Waals surface area contributed by atoms with Crippen molar-refractivity contribution in [3.8, 4) is 0 Å². The zero-order valence-corrected chi connectivity index (χ0v) is 11.6. The van der Waals surface area contributed by atoms with Crippen molar-refractivity contribution in [1.29, 1.82) is 0 Å². The molecule has 0 saturated carbocycles. The zero-order chi connectivity index (χ0) is 13.5. The second kappa shape index (κ2) is 4.52. The molecule has 0 spiro atoms. The molecule has 0 amide bonds. The monoisotopic (exact) mass is 256 g/mol. The molecule has 100 valence electrons. The lowest BCUT2D eigenvalue weighted by Crippen LogP contribution is -2.24. The Hall–Kier alpha value is -1.57. The molecule has 1 aromatic carbocycles. The molecule has 1 aliphatic carbocycles. The van der Waals surface area contributed by atoms with E-state index in [0.29, 0.717) is 12.2 Å². The topological polar surface area (TPSA) is 26.3 Å².